The number of phosphoric acid groups is 1. The molecule has 0 heterocycles. The van der Waals surface area contributed by atoms with Crippen LogP contribution in [0.25, 0.3) is 0 Å². The molecule has 8 nitrogen and oxygen atoms in total. The van der Waals surface area contributed by atoms with E-state index >= 15 is 0 Å². The van der Waals surface area contributed by atoms with Gasteiger partial charge in [-0.2, -0.15) is 0 Å². The number of rotatable bonds is 56. The number of hydrogen-bond acceptors (Lipinski definition) is 5. The molecule has 438 valence electrons. The number of quaternary nitrogens is 1. The molecule has 3 N–H and O–H groups in total. The molecule has 0 aliphatic carbocycles. The maximum atomic E-state index is 13.0. The third-order valence-corrected chi connectivity index (χ3v) is 14.5. The second-order valence-corrected chi connectivity index (χ2v) is 23.5. The number of unbranched alkanes of at least 4 members (excludes halogenated alkanes) is 25. The van der Waals surface area contributed by atoms with Gasteiger partial charge < -0.3 is 19.8 Å². The smallest absolute Gasteiger partial charge is 0.391 e. The second-order valence-electron chi connectivity index (χ2n) is 22.1. The normalized spacial score (nSPS) is 14.6. The third-order valence-electron chi connectivity index (χ3n) is 13.5. The van der Waals surface area contributed by atoms with Gasteiger partial charge in [-0.05, 0) is 83.5 Å². The van der Waals surface area contributed by atoms with Gasteiger partial charge in [0.15, 0.2) is 0 Å². The van der Waals surface area contributed by atoms with E-state index in [1.807, 2.05) is 21.1 Å². The summed E-state index contributed by atoms with van der Waals surface area (Å²) < 4.78 is 23.8. The molecule has 0 aromatic rings. The standard InChI is InChI=1S/C67H119N2O6P/c1-6-8-10-12-14-16-18-20-22-24-25-26-27-28-29-30-31-32-33-34-35-36-37-38-39-40-41-42-43-45-47-49-51-53-55-57-59-61-67(71)68-65(64-75-76(72,73)74-63-62-69(3,4)5)66(70)60-58-56-54-52-50-48-46-44-23-21-19-17-15-13-11-9-7-2/h8,10,14,16,20,22,25-26,28-29,31-32,34-35,37-38,40-41,65-66,70H,6-7,9,11-13,15,17-19,21,23-24,27,30,33,36,39,42-64H2,1-5H3,(H-,68,71,72,73)/p+1/b10-8-,16-14-,22-20-,26-25-,29-28-,32-31-,35-34-,38-37-,41-40-. The Labute approximate surface area is 470 Å². The zero-order valence-corrected chi connectivity index (χ0v) is 50.9. The zero-order valence-electron chi connectivity index (χ0n) is 50.0. The van der Waals surface area contributed by atoms with Crippen LogP contribution in [0.5, 0.6) is 0 Å². The molecule has 0 aromatic heterocycles. The van der Waals surface area contributed by atoms with Gasteiger partial charge in [-0.15, -0.1) is 0 Å². The number of aliphatic hydroxyl groups is 1. The maximum absolute atomic E-state index is 13.0. The molecule has 1 amide bonds. The summed E-state index contributed by atoms with van der Waals surface area (Å²) in [5.74, 6) is -0.153. The molecule has 3 unspecified atom stereocenters. The van der Waals surface area contributed by atoms with Crippen LogP contribution in [0, 0.1) is 0 Å². The van der Waals surface area contributed by atoms with E-state index in [2.05, 4.69) is 129 Å². The van der Waals surface area contributed by atoms with E-state index in [9.17, 15) is 19.4 Å². The first-order valence-corrected chi connectivity index (χ1v) is 32.7. The molecule has 0 bridgehead atoms. The van der Waals surface area contributed by atoms with E-state index in [1.54, 1.807) is 0 Å². The number of allylic oxidation sites excluding steroid dienone is 18. The summed E-state index contributed by atoms with van der Waals surface area (Å²) in [6.45, 7) is 4.78. The van der Waals surface area contributed by atoms with Crippen LogP contribution in [0.3, 0.4) is 0 Å². The van der Waals surface area contributed by atoms with Gasteiger partial charge in [0.25, 0.3) is 0 Å². The molecule has 0 fully saturated rings. The van der Waals surface area contributed by atoms with Gasteiger partial charge in [-0.1, -0.05) is 277 Å². The lowest BCUT2D eigenvalue weighted by Gasteiger charge is -2.26. The van der Waals surface area contributed by atoms with Crippen molar-refractivity contribution in [2.45, 2.75) is 270 Å². The van der Waals surface area contributed by atoms with E-state index in [0.717, 1.165) is 103 Å². The summed E-state index contributed by atoms with van der Waals surface area (Å²) in [5.41, 5.74) is 0. The van der Waals surface area contributed by atoms with Crippen molar-refractivity contribution in [3.63, 3.8) is 0 Å². The van der Waals surface area contributed by atoms with Crippen LogP contribution < -0.4 is 5.32 Å². The van der Waals surface area contributed by atoms with Gasteiger partial charge in [-0.25, -0.2) is 4.57 Å². The van der Waals surface area contributed by atoms with E-state index in [4.69, 9.17) is 9.05 Å². The number of aliphatic hydroxyl groups excluding tert-OH is 1. The Morgan fingerprint density at radius 1 is 0.461 bits per heavy atom. The molecule has 0 aliphatic heterocycles. The number of phosphoric ester groups is 1. The highest BCUT2D eigenvalue weighted by atomic mass is 31.2. The largest absolute Gasteiger partial charge is 0.472 e. The minimum Gasteiger partial charge on any atom is -0.391 e. The number of nitrogens with zero attached hydrogens (tertiary/aromatic N) is 1. The van der Waals surface area contributed by atoms with Gasteiger partial charge in [0.2, 0.25) is 5.91 Å². The number of hydrogen-bond donors (Lipinski definition) is 3. The van der Waals surface area contributed by atoms with Crippen LogP contribution in [-0.2, 0) is 18.4 Å². The SMILES string of the molecule is CC/C=C\C/C=C\C/C=C\C/C=C\C/C=C\C/C=C\C/C=C\C/C=C\C/C=C\CCCCCCCCCCCC(=O)NC(COP(=O)(O)OCC[N+](C)(C)C)C(O)CCCCCCCCCCCCCCCCCCC. The van der Waals surface area contributed by atoms with Crippen LogP contribution in [0.15, 0.2) is 109 Å². The van der Waals surface area contributed by atoms with Crippen molar-refractivity contribution in [3.8, 4) is 0 Å². The number of carbonyl (C=O) groups excluding carboxylic acids is 1. The van der Waals surface area contributed by atoms with Gasteiger partial charge in [0.05, 0.1) is 39.9 Å². The van der Waals surface area contributed by atoms with Crippen LogP contribution in [0.2, 0.25) is 0 Å². The van der Waals surface area contributed by atoms with Crippen molar-refractivity contribution in [2.75, 3.05) is 40.9 Å². The fourth-order valence-electron chi connectivity index (χ4n) is 8.69. The highest BCUT2D eigenvalue weighted by Gasteiger charge is 2.28. The van der Waals surface area contributed by atoms with Crippen molar-refractivity contribution in [1.82, 2.24) is 5.32 Å². The van der Waals surface area contributed by atoms with Crippen molar-refractivity contribution in [2.24, 2.45) is 0 Å². The summed E-state index contributed by atoms with van der Waals surface area (Å²) in [7, 11) is 1.60. The molecule has 9 heteroatoms. The highest BCUT2D eigenvalue weighted by molar-refractivity contribution is 7.47. The molecular formula is C67H120N2O6P+. The number of nitrogens with one attached hydrogen (secondary N) is 1. The second kappa shape index (κ2) is 56.9. The Kier molecular flexibility index (Phi) is 54.7. The van der Waals surface area contributed by atoms with Crippen molar-refractivity contribution < 1.29 is 32.9 Å². The van der Waals surface area contributed by atoms with Gasteiger partial charge in [-0.3, -0.25) is 13.8 Å². The van der Waals surface area contributed by atoms with Crippen LogP contribution >= 0.6 is 7.82 Å². The number of likely N-dealkylation sites (N-methyl/N-ethyl adjacent to an activating group) is 1. The first-order valence-electron chi connectivity index (χ1n) is 31.3. The van der Waals surface area contributed by atoms with Crippen molar-refractivity contribution in [3.05, 3.63) is 109 Å². The van der Waals surface area contributed by atoms with Gasteiger partial charge >= 0.3 is 7.82 Å². The summed E-state index contributed by atoms with van der Waals surface area (Å²) >= 11 is 0. The van der Waals surface area contributed by atoms with E-state index in [1.165, 1.54) is 128 Å². The Hall–Kier alpha value is -2.84. The number of amides is 1. The topological polar surface area (TPSA) is 105 Å². The summed E-state index contributed by atoms with van der Waals surface area (Å²) in [6.07, 6.45) is 82.9. The minimum atomic E-state index is -4.33. The van der Waals surface area contributed by atoms with E-state index in [-0.39, 0.29) is 19.1 Å². The predicted molar refractivity (Wildman–Crippen MR) is 332 cm³/mol. The quantitative estimate of drug-likeness (QED) is 0.0243. The van der Waals surface area contributed by atoms with Crippen molar-refractivity contribution in [1.29, 1.82) is 0 Å². The average molecular weight is 1080 g/mol. The highest BCUT2D eigenvalue weighted by Crippen LogP contribution is 2.43. The molecule has 0 saturated carbocycles. The Morgan fingerprint density at radius 3 is 1.16 bits per heavy atom. The van der Waals surface area contributed by atoms with Crippen LogP contribution in [0.1, 0.15) is 258 Å². The first kappa shape index (κ1) is 73.2. The maximum Gasteiger partial charge on any atom is 0.472 e. The van der Waals surface area contributed by atoms with E-state index < -0.39 is 20.0 Å². The lowest BCUT2D eigenvalue weighted by atomic mass is 10.0. The van der Waals surface area contributed by atoms with Crippen molar-refractivity contribution >= 4 is 13.7 Å². The summed E-state index contributed by atoms with van der Waals surface area (Å²) in [5, 5.41) is 14.1. The molecule has 0 radical (unpaired) electrons. The Morgan fingerprint density at radius 2 is 0.789 bits per heavy atom. The first-order chi connectivity index (χ1) is 37.0. The number of carbonyl (C=O) groups is 1. The molecule has 76 heavy (non-hydrogen) atoms. The Balaban J connectivity index is 4.12. The minimum absolute atomic E-state index is 0.0690. The molecule has 0 aromatic carbocycles. The lowest BCUT2D eigenvalue weighted by Crippen LogP contribution is -2.46. The molecule has 0 spiro atoms. The predicted octanol–water partition coefficient (Wildman–Crippen LogP) is 19.5. The third kappa shape index (κ3) is 58.8. The molecule has 0 aliphatic rings. The van der Waals surface area contributed by atoms with Gasteiger partial charge in [0, 0.05) is 6.42 Å². The molecule has 3 atom stereocenters. The fraction of sp³-hybridized carbons (Fsp3) is 0.716. The van der Waals surface area contributed by atoms with Gasteiger partial charge in [0.1, 0.15) is 13.2 Å². The van der Waals surface area contributed by atoms with Crippen LogP contribution in [-0.4, -0.2) is 73.4 Å². The molecule has 0 rings (SSSR count). The van der Waals surface area contributed by atoms with Crippen LogP contribution in [0.4, 0.5) is 0 Å². The summed E-state index contributed by atoms with van der Waals surface area (Å²) in [4.78, 5) is 23.4. The molecular weight excluding hydrogens is 960 g/mol. The average Bonchev–Trinajstić information content (AvgIpc) is 3.38. The van der Waals surface area contributed by atoms with E-state index in [0.29, 0.717) is 23.9 Å². The molecule has 0 saturated heterocycles. The monoisotopic (exact) mass is 1080 g/mol. The Bertz CT molecular complexity index is 1600. The zero-order chi connectivity index (χ0) is 55.6. The summed E-state index contributed by atoms with van der Waals surface area (Å²) in [6, 6.07) is -0.771. The lowest BCUT2D eigenvalue weighted by molar-refractivity contribution is -0.870. The fourth-order valence-corrected chi connectivity index (χ4v) is 9.42.